The van der Waals surface area contributed by atoms with E-state index in [1.54, 1.807) is 0 Å². The van der Waals surface area contributed by atoms with Crippen LogP contribution in [0.4, 0.5) is 0 Å². The predicted octanol–water partition coefficient (Wildman–Crippen LogP) is 11.5. The van der Waals surface area contributed by atoms with Crippen LogP contribution in [-0.4, -0.2) is 18.2 Å². The van der Waals surface area contributed by atoms with Crippen LogP contribution in [0.5, 0.6) is 11.5 Å². The molecule has 3 aromatic carbocycles. The minimum atomic E-state index is -0.481. The molecule has 45 heavy (non-hydrogen) atoms. The maximum absolute atomic E-state index is 6.66. The second-order valence-electron chi connectivity index (χ2n) is 13.3. The summed E-state index contributed by atoms with van der Waals surface area (Å²) < 4.78 is 13.2. The lowest BCUT2D eigenvalue weighted by atomic mass is 9.72. The van der Waals surface area contributed by atoms with Crippen molar-refractivity contribution in [3.8, 4) is 33.8 Å². The number of nitrogens with zero attached hydrogens (tertiary/aromatic N) is 1. The average molecular weight is 602 g/mol. The monoisotopic (exact) mass is 601 g/mol. The highest BCUT2D eigenvalue weighted by Crippen LogP contribution is 2.63. The Hall–Kier alpha value is -3.59. The highest BCUT2D eigenvalue weighted by molar-refractivity contribution is 5.95. The fourth-order valence-corrected chi connectivity index (χ4v) is 7.59. The SMILES string of the molecule is CCCCCCCCOc1cc2c(cc1OCCCCCCCC)C1(c3cc(C)ccc3-c3ccc(C)cc31)c1ncccc1-2. The Morgan fingerprint density at radius 1 is 0.533 bits per heavy atom. The molecule has 3 nitrogen and oxygen atoms in total. The molecule has 0 aliphatic heterocycles. The molecule has 236 valence electrons. The first kappa shape index (κ1) is 31.4. The molecule has 1 heterocycles. The van der Waals surface area contributed by atoms with Gasteiger partial charge in [-0.3, -0.25) is 4.98 Å². The summed E-state index contributed by atoms with van der Waals surface area (Å²) in [5.41, 5.74) is 12.1. The van der Waals surface area contributed by atoms with Crippen LogP contribution < -0.4 is 9.47 Å². The van der Waals surface area contributed by atoms with Gasteiger partial charge in [0, 0.05) is 11.8 Å². The summed E-state index contributed by atoms with van der Waals surface area (Å²) in [6.45, 7) is 10.4. The quantitative estimate of drug-likeness (QED) is 0.103. The molecule has 0 atom stereocenters. The van der Waals surface area contributed by atoms with E-state index in [0.717, 1.165) is 30.0 Å². The van der Waals surface area contributed by atoms with Gasteiger partial charge in [0.25, 0.3) is 0 Å². The zero-order chi connectivity index (χ0) is 31.2. The maximum Gasteiger partial charge on any atom is 0.161 e. The second kappa shape index (κ2) is 14.2. The molecular formula is C42H51NO2. The van der Waals surface area contributed by atoms with E-state index < -0.39 is 5.41 Å². The van der Waals surface area contributed by atoms with Crippen molar-refractivity contribution in [1.82, 2.24) is 4.98 Å². The smallest absolute Gasteiger partial charge is 0.161 e. The Labute approximate surface area is 271 Å². The van der Waals surface area contributed by atoms with Gasteiger partial charge in [-0.25, -0.2) is 0 Å². The summed E-state index contributed by atoms with van der Waals surface area (Å²) in [6, 6.07) is 22.8. The number of aromatic nitrogens is 1. The van der Waals surface area contributed by atoms with Gasteiger partial charge >= 0.3 is 0 Å². The van der Waals surface area contributed by atoms with Crippen LogP contribution in [0, 0.1) is 13.8 Å². The molecule has 0 unspecified atom stereocenters. The first-order valence-electron chi connectivity index (χ1n) is 17.7. The molecule has 0 bridgehead atoms. The van der Waals surface area contributed by atoms with Crippen LogP contribution in [0.2, 0.25) is 0 Å². The highest BCUT2D eigenvalue weighted by atomic mass is 16.5. The van der Waals surface area contributed by atoms with Crippen LogP contribution in [0.25, 0.3) is 22.3 Å². The van der Waals surface area contributed by atoms with Crippen LogP contribution in [-0.2, 0) is 5.41 Å². The summed E-state index contributed by atoms with van der Waals surface area (Å²) in [7, 11) is 0. The van der Waals surface area contributed by atoms with Crippen molar-refractivity contribution in [1.29, 1.82) is 0 Å². The Balaban J connectivity index is 1.41. The number of hydrogen-bond donors (Lipinski definition) is 0. The topological polar surface area (TPSA) is 31.4 Å². The van der Waals surface area contributed by atoms with Gasteiger partial charge in [0.1, 0.15) is 0 Å². The maximum atomic E-state index is 6.66. The van der Waals surface area contributed by atoms with Gasteiger partial charge in [0.15, 0.2) is 11.5 Å². The third-order valence-electron chi connectivity index (χ3n) is 9.90. The van der Waals surface area contributed by atoms with Crippen LogP contribution in [0.3, 0.4) is 0 Å². The minimum Gasteiger partial charge on any atom is -0.490 e. The summed E-state index contributed by atoms with van der Waals surface area (Å²) >= 11 is 0. The van der Waals surface area contributed by atoms with Gasteiger partial charge in [-0.1, -0.05) is 132 Å². The van der Waals surface area contributed by atoms with E-state index in [9.17, 15) is 0 Å². The van der Waals surface area contributed by atoms with E-state index >= 15 is 0 Å². The molecule has 6 rings (SSSR count). The molecule has 0 saturated carbocycles. The Morgan fingerprint density at radius 2 is 1.04 bits per heavy atom. The van der Waals surface area contributed by atoms with Gasteiger partial charge < -0.3 is 9.47 Å². The molecule has 0 fully saturated rings. The zero-order valence-corrected chi connectivity index (χ0v) is 28.0. The second-order valence-corrected chi connectivity index (χ2v) is 13.3. The van der Waals surface area contributed by atoms with Crippen molar-refractivity contribution < 1.29 is 9.47 Å². The van der Waals surface area contributed by atoms with Crippen LogP contribution >= 0.6 is 0 Å². The number of benzene rings is 3. The number of aryl methyl sites for hydroxylation is 2. The predicted molar refractivity (Wildman–Crippen MR) is 188 cm³/mol. The first-order valence-corrected chi connectivity index (χ1v) is 17.7. The van der Waals surface area contributed by atoms with Crippen molar-refractivity contribution in [2.24, 2.45) is 0 Å². The largest absolute Gasteiger partial charge is 0.490 e. The van der Waals surface area contributed by atoms with Crippen LogP contribution in [0.1, 0.15) is 124 Å². The normalized spacial score (nSPS) is 13.4. The molecule has 4 aromatic rings. The molecule has 0 amide bonds. The van der Waals surface area contributed by atoms with Gasteiger partial charge in [0.2, 0.25) is 0 Å². The van der Waals surface area contributed by atoms with Gasteiger partial charge in [0.05, 0.1) is 24.3 Å². The van der Waals surface area contributed by atoms with Crippen LogP contribution in [0.15, 0.2) is 66.9 Å². The summed E-state index contributed by atoms with van der Waals surface area (Å²) in [5.74, 6) is 1.74. The van der Waals surface area contributed by atoms with Crippen molar-refractivity contribution in [3.05, 3.63) is 100 Å². The van der Waals surface area contributed by atoms with Crippen molar-refractivity contribution in [2.75, 3.05) is 13.2 Å². The molecule has 3 heteroatoms. The minimum absolute atomic E-state index is 0.481. The molecule has 2 aliphatic carbocycles. The van der Waals surface area contributed by atoms with E-state index in [0.29, 0.717) is 13.2 Å². The number of ether oxygens (including phenoxy) is 2. The highest BCUT2D eigenvalue weighted by Gasteiger charge is 2.53. The van der Waals surface area contributed by atoms with Crippen molar-refractivity contribution >= 4 is 0 Å². The number of unbranched alkanes of at least 4 members (excludes halogenated alkanes) is 10. The van der Waals surface area contributed by atoms with Gasteiger partial charge in [-0.05, 0) is 78.3 Å². The van der Waals surface area contributed by atoms with Gasteiger partial charge in [-0.15, -0.1) is 0 Å². The molecule has 1 aromatic heterocycles. The van der Waals surface area contributed by atoms with E-state index in [1.165, 1.54) is 114 Å². The number of hydrogen-bond acceptors (Lipinski definition) is 3. The summed E-state index contributed by atoms with van der Waals surface area (Å²) in [5, 5.41) is 0. The third kappa shape index (κ3) is 6.03. The fourth-order valence-electron chi connectivity index (χ4n) is 7.59. The lowest BCUT2D eigenvalue weighted by Gasteiger charge is -2.30. The van der Waals surface area contributed by atoms with Gasteiger partial charge in [-0.2, -0.15) is 0 Å². The first-order chi connectivity index (χ1) is 22.1. The van der Waals surface area contributed by atoms with E-state index in [4.69, 9.17) is 14.5 Å². The standard InChI is InChI=1S/C42H51NO2/c1-5-7-9-11-13-15-24-44-39-28-35-34-18-17-23-43-41(34)42(38(35)29-40(39)45-25-16-14-12-10-8-6-2)36-26-30(3)19-21-32(36)33-22-20-31(4)27-37(33)42/h17-23,26-29H,5-16,24-25H2,1-4H3. The van der Waals surface area contributed by atoms with E-state index in [-0.39, 0.29) is 0 Å². The Morgan fingerprint density at radius 3 is 1.62 bits per heavy atom. The Kier molecular flexibility index (Phi) is 9.93. The average Bonchev–Trinajstić information content (AvgIpc) is 3.49. The molecule has 0 saturated heterocycles. The number of fused-ring (bicyclic) bond motifs is 10. The van der Waals surface area contributed by atoms with E-state index in [2.05, 4.69) is 88.4 Å². The lowest BCUT2D eigenvalue weighted by Crippen LogP contribution is -2.27. The van der Waals surface area contributed by atoms with Crippen molar-refractivity contribution in [2.45, 2.75) is 110 Å². The molecule has 0 N–H and O–H groups in total. The van der Waals surface area contributed by atoms with E-state index in [1.807, 2.05) is 6.20 Å². The molecule has 2 aliphatic rings. The zero-order valence-electron chi connectivity index (χ0n) is 28.0. The number of pyridine rings is 1. The Bertz CT molecular complexity index is 1570. The summed E-state index contributed by atoms with van der Waals surface area (Å²) in [6.07, 6.45) is 16.9. The lowest BCUT2D eigenvalue weighted by molar-refractivity contribution is 0.258. The number of rotatable bonds is 16. The van der Waals surface area contributed by atoms with Crippen molar-refractivity contribution in [3.63, 3.8) is 0 Å². The fraction of sp³-hybridized carbons (Fsp3) is 0.452. The molecule has 1 spiro atoms. The molecular weight excluding hydrogens is 550 g/mol. The summed E-state index contributed by atoms with van der Waals surface area (Å²) in [4.78, 5) is 5.17. The third-order valence-corrected chi connectivity index (χ3v) is 9.90. The molecule has 0 radical (unpaired) electrons.